The fraction of sp³-hybridized carbons (Fsp3) is 0.0833. The molecule has 0 radical (unpaired) electrons. The number of halogens is 2. The Kier molecular flexibility index (Phi) is 3.86. The second kappa shape index (κ2) is 5.38. The lowest BCUT2D eigenvalue weighted by molar-refractivity contribution is 0.306. The summed E-state index contributed by atoms with van der Waals surface area (Å²) < 4.78 is 6.50. The molecule has 2 rings (SSSR count). The van der Waals surface area contributed by atoms with Crippen LogP contribution in [0.5, 0.6) is 5.75 Å². The van der Waals surface area contributed by atoms with E-state index in [1.54, 1.807) is 30.6 Å². The molecule has 0 aliphatic heterocycles. The summed E-state index contributed by atoms with van der Waals surface area (Å²) in [4.78, 5) is 4.05. The number of aromatic nitrogens is 1. The molecule has 1 aromatic carbocycles. The molecule has 0 saturated heterocycles. The number of anilines is 1. The molecule has 0 spiro atoms. The topological polar surface area (TPSA) is 48.1 Å². The van der Waals surface area contributed by atoms with Crippen LogP contribution in [0.4, 0.5) is 5.69 Å². The zero-order valence-electron chi connectivity index (χ0n) is 8.86. The lowest BCUT2D eigenvalue weighted by Crippen LogP contribution is -1.97. The van der Waals surface area contributed by atoms with Crippen molar-refractivity contribution in [3.63, 3.8) is 0 Å². The Balaban J connectivity index is 2.07. The highest BCUT2D eigenvalue weighted by atomic mass is 79.9. The Morgan fingerprint density at radius 3 is 2.82 bits per heavy atom. The van der Waals surface area contributed by atoms with Gasteiger partial charge in [0.2, 0.25) is 0 Å². The zero-order valence-corrected chi connectivity index (χ0v) is 11.2. The first-order chi connectivity index (χ1) is 8.15. The molecule has 1 heterocycles. The molecule has 2 N–H and O–H groups in total. The molecule has 1 aromatic heterocycles. The second-order valence-corrected chi connectivity index (χ2v) is 4.81. The van der Waals surface area contributed by atoms with E-state index in [4.69, 9.17) is 22.1 Å². The number of hydrogen-bond donors (Lipinski definition) is 1. The Hall–Kier alpha value is -1.26. The summed E-state index contributed by atoms with van der Waals surface area (Å²) in [6.45, 7) is 0.413. The molecule has 0 fully saturated rings. The normalized spacial score (nSPS) is 10.2. The standard InChI is InChI=1S/C12H10BrClN2O/c13-9-3-8(5-16-6-9)7-17-12-2-1-10(15)4-11(12)14/h1-6H,7,15H2. The van der Waals surface area contributed by atoms with Gasteiger partial charge in [-0.1, -0.05) is 11.6 Å². The van der Waals surface area contributed by atoms with Gasteiger partial charge in [0.05, 0.1) is 5.02 Å². The van der Waals surface area contributed by atoms with Gasteiger partial charge in [0, 0.05) is 28.1 Å². The maximum absolute atomic E-state index is 6.00. The molecule has 0 aliphatic carbocycles. The Labute approximate surface area is 113 Å². The van der Waals surface area contributed by atoms with Gasteiger partial charge in [-0.05, 0) is 40.2 Å². The van der Waals surface area contributed by atoms with Gasteiger partial charge >= 0.3 is 0 Å². The minimum atomic E-state index is 0.413. The van der Waals surface area contributed by atoms with E-state index in [1.165, 1.54) is 0 Å². The average Bonchev–Trinajstić information content (AvgIpc) is 2.28. The molecule has 0 aliphatic rings. The molecular formula is C12H10BrClN2O. The van der Waals surface area contributed by atoms with E-state index in [9.17, 15) is 0 Å². The third-order valence-electron chi connectivity index (χ3n) is 2.11. The van der Waals surface area contributed by atoms with Gasteiger partial charge in [0.15, 0.2) is 0 Å². The first-order valence-electron chi connectivity index (χ1n) is 4.92. The Morgan fingerprint density at radius 1 is 1.29 bits per heavy atom. The van der Waals surface area contributed by atoms with E-state index in [-0.39, 0.29) is 0 Å². The van der Waals surface area contributed by atoms with Crippen LogP contribution in [-0.2, 0) is 6.61 Å². The van der Waals surface area contributed by atoms with Crippen molar-refractivity contribution in [1.82, 2.24) is 4.98 Å². The first-order valence-corrected chi connectivity index (χ1v) is 6.09. The number of rotatable bonds is 3. The second-order valence-electron chi connectivity index (χ2n) is 3.49. The van der Waals surface area contributed by atoms with E-state index in [1.807, 2.05) is 6.07 Å². The predicted octanol–water partition coefficient (Wildman–Crippen LogP) is 3.66. The van der Waals surface area contributed by atoms with Crippen molar-refractivity contribution in [2.45, 2.75) is 6.61 Å². The van der Waals surface area contributed by atoms with Crippen LogP contribution in [0.1, 0.15) is 5.56 Å². The van der Waals surface area contributed by atoms with Crippen LogP contribution in [0.25, 0.3) is 0 Å². The number of benzene rings is 1. The van der Waals surface area contributed by atoms with Crippen molar-refractivity contribution in [1.29, 1.82) is 0 Å². The summed E-state index contributed by atoms with van der Waals surface area (Å²) in [5, 5.41) is 0.507. The van der Waals surface area contributed by atoms with E-state index < -0.39 is 0 Å². The van der Waals surface area contributed by atoms with Crippen LogP contribution in [0.2, 0.25) is 5.02 Å². The number of pyridine rings is 1. The SMILES string of the molecule is Nc1ccc(OCc2cncc(Br)c2)c(Cl)c1. The molecule has 0 atom stereocenters. The Morgan fingerprint density at radius 2 is 2.12 bits per heavy atom. The van der Waals surface area contributed by atoms with E-state index >= 15 is 0 Å². The highest BCUT2D eigenvalue weighted by Crippen LogP contribution is 2.27. The monoisotopic (exact) mass is 312 g/mol. The largest absolute Gasteiger partial charge is 0.487 e. The van der Waals surface area contributed by atoms with Crippen molar-refractivity contribution in [2.24, 2.45) is 0 Å². The van der Waals surface area contributed by atoms with Crippen molar-refractivity contribution in [3.05, 3.63) is 51.7 Å². The maximum atomic E-state index is 6.00. The molecule has 0 bridgehead atoms. The smallest absolute Gasteiger partial charge is 0.138 e. The highest BCUT2D eigenvalue weighted by molar-refractivity contribution is 9.10. The average molecular weight is 314 g/mol. The summed E-state index contributed by atoms with van der Waals surface area (Å²) in [7, 11) is 0. The van der Waals surface area contributed by atoms with Gasteiger partial charge in [-0.3, -0.25) is 4.98 Å². The third-order valence-corrected chi connectivity index (χ3v) is 2.84. The van der Waals surface area contributed by atoms with Crippen molar-refractivity contribution < 1.29 is 4.74 Å². The molecule has 2 aromatic rings. The molecule has 88 valence electrons. The van der Waals surface area contributed by atoms with E-state index in [0.29, 0.717) is 23.1 Å². The minimum absolute atomic E-state index is 0.413. The number of hydrogen-bond acceptors (Lipinski definition) is 3. The Bertz CT molecular complexity index is 534. The van der Waals surface area contributed by atoms with Crippen LogP contribution in [0.3, 0.4) is 0 Å². The fourth-order valence-electron chi connectivity index (χ4n) is 1.33. The number of nitrogen functional groups attached to an aromatic ring is 1. The summed E-state index contributed by atoms with van der Waals surface area (Å²) in [6.07, 6.45) is 3.47. The van der Waals surface area contributed by atoms with Crippen LogP contribution in [-0.4, -0.2) is 4.98 Å². The molecule has 0 unspecified atom stereocenters. The van der Waals surface area contributed by atoms with Crippen LogP contribution in [0, 0.1) is 0 Å². The van der Waals surface area contributed by atoms with Gasteiger partial charge in [-0.2, -0.15) is 0 Å². The number of ether oxygens (including phenoxy) is 1. The van der Waals surface area contributed by atoms with Crippen LogP contribution in [0.15, 0.2) is 41.1 Å². The lowest BCUT2D eigenvalue weighted by Gasteiger charge is -2.08. The van der Waals surface area contributed by atoms with Crippen LogP contribution >= 0.6 is 27.5 Å². The molecule has 0 amide bonds. The highest BCUT2D eigenvalue weighted by Gasteiger charge is 2.02. The van der Waals surface area contributed by atoms with Gasteiger partial charge in [0.1, 0.15) is 12.4 Å². The van der Waals surface area contributed by atoms with Gasteiger partial charge in [-0.25, -0.2) is 0 Å². The zero-order chi connectivity index (χ0) is 12.3. The van der Waals surface area contributed by atoms with E-state index in [0.717, 1.165) is 10.0 Å². The molecular weight excluding hydrogens is 304 g/mol. The summed E-state index contributed by atoms with van der Waals surface area (Å²) in [5.74, 6) is 0.612. The fourth-order valence-corrected chi connectivity index (χ4v) is 1.99. The van der Waals surface area contributed by atoms with Crippen molar-refractivity contribution >= 4 is 33.2 Å². The third kappa shape index (κ3) is 3.35. The number of nitrogens with two attached hydrogens (primary N) is 1. The van der Waals surface area contributed by atoms with Crippen LogP contribution < -0.4 is 10.5 Å². The quantitative estimate of drug-likeness (QED) is 0.880. The molecule has 0 saturated carbocycles. The first kappa shape index (κ1) is 12.2. The lowest BCUT2D eigenvalue weighted by atomic mass is 10.3. The number of nitrogens with zero attached hydrogens (tertiary/aromatic N) is 1. The summed E-state index contributed by atoms with van der Waals surface area (Å²) >= 11 is 9.35. The van der Waals surface area contributed by atoms with Gasteiger partial charge in [-0.15, -0.1) is 0 Å². The van der Waals surface area contributed by atoms with Gasteiger partial charge in [0.25, 0.3) is 0 Å². The molecule has 5 heteroatoms. The van der Waals surface area contributed by atoms with Crippen molar-refractivity contribution in [2.75, 3.05) is 5.73 Å². The minimum Gasteiger partial charge on any atom is -0.487 e. The molecule has 3 nitrogen and oxygen atoms in total. The van der Waals surface area contributed by atoms with Gasteiger partial charge < -0.3 is 10.5 Å². The maximum Gasteiger partial charge on any atom is 0.138 e. The van der Waals surface area contributed by atoms with Crippen molar-refractivity contribution in [3.8, 4) is 5.75 Å². The van der Waals surface area contributed by atoms with E-state index in [2.05, 4.69) is 20.9 Å². The molecule has 17 heavy (non-hydrogen) atoms. The summed E-state index contributed by atoms with van der Waals surface area (Å²) in [6, 6.07) is 7.11. The summed E-state index contributed by atoms with van der Waals surface area (Å²) in [5.41, 5.74) is 7.18. The predicted molar refractivity (Wildman–Crippen MR) is 72.1 cm³/mol.